The van der Waals surface area contributed by atoms with E-state index < -0.39 is 5.97 Å². The van der Waals surface area contributed by atoms with Gasteiger partial charge in [-0.3, -0.25) is 4.79 Å². The Morgan fingerprint density at radius 2 is 0.875 bits per heavy atom. The Balaban J connectivity index is -0.000000162. The molecule has 0 aliphatic rings. The quantitative estimate of drug-likeness (QED) is 0.403. The Hall–Kier alpha value is -0.690. The molecule has 0 spiro atoms. The lowest BCUT2D eigenvalue weighted by Gasteiger charge is -1.85. The van der Waals surface area contributed by atoms with Gasteiger partial charge >= 0.3 is 0 Å². The zero-order valence-corrected chi connectivity index (χ0v) is 9.80. The Morgan fingerprint density at radius 1 is 0.750 bits per heavy atom. The average Bonchev–Trinajstić information content (AvgIpc) is 2.23. The van der Waals surface area contributed by atoms with E-state index in [1.807, 2.05) is 0 Å². The van der Waals surface area contributed by atoms with Crippen LogP contribution in [0.1, 0.15) is 32.6 Å². The third-order valence-corrected chi connectivity index (χ3v) is 1.13. The summed E-state index contributed by atoms with van der Waals surface area (Å²) >= 11 is 0. The van der Waals surface area contributed by atoms with Crippen LogP contribution in [-0.2, 0) is 4.79 Å². The summed E-state index contributed by atoms with van der Waals surface area (Å²) in [5.41, 5.74) is 0. The highest BCUT2D eigenvalue weighted by Gasteiger charge is 1.77. The molecule has 0 aromatic rings. The fourth-order valence-corrected chi connectivity index (χ4v) is 0.447. The van der Waals surface area contributed by atoms with Crippen LogP contribution in [0.3, 0.4) is 0 Å². The molecule has 0 fully saturated rings. The van der Waals surface area contributed by atoms with Crippen LogP contribution in [0, 0.1) is 0 Å². The number of aliphatic hydroxyl groups is 4. The second-order valence-electron chi connectivity index (χ2n) is 2.83. The number of carbonyl (C=O) groups is 1. The first kappa shape index (κ1) is 20.7. The molecule has 0 heterocycles. The lowest BCUT2D eigenvalue weighted by atomic mass is 10.3. The van der Waals surface area contributed by atoms with Crippen LogP contribution in [0.4, 0.5) is 0 Å². The van der Waals surface area contributed by atoms with Crippen molar-refractivity contribution < 1.29 is 30.3 Å². The van der Waals surface area contributed by atoms with Gasteiger partial charge < -0.3 is 25.5 Å². The molecule has 0 aliphatic heterocycles. The van der Waals surface area contributed by atoms with Gasteiger partial charge in [-0.2, -0.15) is 0 Å². The van der Waals surface area contributed by atoms with Gasteiger partial charge in [-0.05, 0) is 25.7 Å². The summed E-state index contributed by atoms with van der Waals surface area (Å²) in [6.07, 6.45) is 2.88. The summed E-state index contributed by atoms with van der Waals surface area (Å²) in [5.74, 6) is -0.833. The number of unbranched alkanes of at least 4 members (excludes halogenated alkanes) is 2. The van der Waals surface area contributed by atoms with E-state index in [1.165, 1.54) is 0 Å². The molecule has 0 saturated carbocycles. The zero-order valence-electron chi connectivity index (χ0n) is 9.80. The van der Waals surface area contributed by atoms with Crippen molar-refractivity contribution in [2.24, 2.45) is 0 Å². The van der Waals surface area contributed by atoms with E-state index in [0.29, 0.717) is 0 Å². The Morgan fingerprint density at radius 3 is 0.938 bits per heavy atom. The largest absolute Gasteiger partial charge is 0.481 e. The van der Waals surface area contributed by atoms with E-state index in [2.05, 4.69) is 0 Å². The van der Waals surface area contributed by atoms with Crippen molar-refractivity contribution in [2.75, 3.05) is 26.4 Å². The van der Waals surface area contributed by atoms with Crippen molar-refractivity contribution in [3.8, 4) is 0 Å². The topological polar surface area (TPSA) is 118 Å². The summed E-state index contributed by atoms with van der Waals surface area (Å²) in [6.45, 7) is 1.86. The second-order valence-corrected chi connectivity index (χ2v) is 2.83. The Bertz CT molecular complexity index is 97.9. The van der Waals surface area contributed by atoms with Crippen molar-refractivity contribution in [3.05, 3.63) is 0 Å². The molecule has 0 saturated heterocycles. The van der Waals surface area contributed by atoms with Crippen LogP contribution in [0.25, 0.3) is 0 Å². The minimum Gasteiger partial charge on any atom is -0.481 e. The van der Waals surface area contributed by atoms with Crippen LogP contribution in [0.5, 0.6) is 0 Å². The highest BCUT2D eigenvalue weighted by molar-refractivity contribution is 5.62. The minimum absolute atomic E-state index is 0.195. The lowest BCUT2D eigenvalue weighted by Crippen LogP contribution is -1.85. The van der Waals surface area contributed by atoms with Crippen LogP contribution >= 0.6 is 0 Å². The molecule has 0 aromatic heterocycles. The van der Waals surface area contributed by atoms with Crippen LogP contribution in [-0.4, -0.2) is 57.9 Å². The van der Waals surface area contributed by atoms with Gasteiger partial charge in [0, 0.05) is 33.4 Å². The minimum atomic E-state index is -0.833. The maximum atomic E-state index is 9.00. The number of carboxylic acid groups (broad SMARTS) is 1. The number of rotatable bonds is 6. The highest BCUT2D eigenvalue weighted by Crippen LogP contribution is 1.81. The maximum Gasteiger partial charge on any atom is 0.300 e. The maximum absolute atomic E-state index is 9.00. The molecule has 100 valence electrons. The summed E-state index contributed by atoms with van der Waals surface area (Å²) in [5, 5.41) is 39.8. The number of hydrogen-bond donors (Lipinski definition) is 5. The van der Waals surface area contributed by atoms with E-state index in [0.717, 1.165) is 32.6 Å². The molecule has 0 rings (SSSR count). The van der Waals surface area contributed by atoms with Gasteiger partial charge in [-0.15, -0.1) is 0 Å². The Kier molecular flexibility index (Phi) is 30.8. The van der Waals surface area contributed by atoms with Gasteiger partial charge in [0.2, 0.25) is 0 Å². The van der Waals surface area contributed by atoms with Crippen molar-refractivity contribution in [2.45, 2.75) is 32.6 Å². The van der Waals surface area contributed by atoms with E-state index in [4.69, 9.17) is 30.3 Å². The van der Waals surface area contributed by atoms with Crippen molar-refractivity contribution in [3.63, 3.8) is 0 Å². The fraction of sp³-hybridized carbons (Fsp3) is 0.900. The normalized spacial score (nSPS) is 8.31. The fourth-order valence-electron chi connectivity index (χ4n) is 0.447. The van der Waals surface area contributed by atoms with Crippen molar-refractivity contribution in [1.82, 2.24) is 0 Å². The molecule has 0 aliphatic carbocycles. The van der Waals surface area contributed by atoms with Crippen molar-refractivity contribution in [1.29, 1.82) is 0 Å². The van der Waals surface area contributed by atoms with E-state index in [-0.39, 0.29) is 26.4 Å². The molecule has 6 heteroatoms. The molecule has 5 N–H and O–H groups in total. The summed E-state index contributed by atoms with van der Waals surface area (Å²) in [7, 11) is 0. The van der Waals surface area contributed by atoms with E-state index >= 15 is 0 Å². The molecule has 0 aromatic carbocycles. The first-order valence-electron chi connectivity index (χ1n) is 5.19. The average molecular weight is 240 g/mol. The van der Waals surface area contributed by atoms with Gasteiger partial charge in [0.25, 0.3) is 5.97 Å². The van der Waals surface area contributed by atoms with Crippen LogP contribution in [0.15, 0.2) is 0 Å². The lowest BCUT2D eigenvalue weighted by molar-refractivity contribution is -0.134. The number of carboxylic acids is 1. The molecule has 0 bridgehead atoms. The highest BCUT2D eigenvalue weighted by atomic mass is 16.4. The number of aliphatic carboxylic acids is 1. The number of hydrogen-bond acceptors (Lipinski definition) is 5. The van der Waals surface area contributed by atoms with Gasteiger partial charge in [-0.25, -0.2) is 0 Å². The van der Waals surface area contributed by atoms with Gasteiger partial charge in [-0.1, -0.05) is 0 Å². The smallest absolute Gasteiger partial charge is 0.300 e. The van der Waals surface area contributed by atoms with Crippen LogP contribution in [0.2, 0.25) is 0 Å². The SMILES string of the molecule is CC(=O)O.OCCCCO.OCCCCO. The first-order valence-corrected chi connectivity index (χ1v) is 5.19. The molecule has 0 atom stereocenters. The third kappa shape index (κ3) is 71.5. The summed E-state index contributed by atoms with van der Waals surface area (Å²) < 4.78 is 0. The molecule has 0 unspecified atom stereocenters. The predicted octanol–water partition coefficient (Wildman–Crippen LogP) is -0.407. The standard InChI is InChI=1S/2C4H10O2.C2H4O2/c2*5-3-1-2-4-6;1-2(3)4/h2*5-6H,1-4H2;1H3,(H,3,4). The molecule has 6 nitrogen and oxygen atoms in total. The third-order valence-electron chi connectivity index (χ3n) is 1.13. The molecule has 0 radical (unpaired) electrons. The van der Waals surface area contributed by atoms with Crippen molar-refractivity contribution >= 4 is 5.97 Å². The Labute approximate surface area is 96.2 Å². The van der Waals surface area contributed by atoms with Gasteiger partial charge in [0.15, 0.2) is 0 Å². The van der Waals surface area contributed by atoms with Gasteiger partial charge in [0.05, 0.1) is 0 Å². The summed E-state index contributed by atoms with van der Waals surface area (Å²) in [6, 6.07) is 0. The van der Waals surface area contributed by atoms with E-state index in [9.17, 15) is 0 Å². The first-order chi connectivity index (χ1) is 7.56. The molecular weight excluding hydrogens is 216 g/mol. The molecular formula is C10H24O6. The zero-order chi connectivity index (χ0) is 13.2. The van der Waals surface area contributed by atoms with Crippen LogP contribution < -0.4 is 0 Å². The molecule has 0 amide bonds. The monoisotopic (exact) mass is 240 g/mol. The second kappa shape index (κ2) is 23.8. The predicted molar refractivity (Wildman–Crippen MR) is 60.1 cm³/mol. The van der Waals surface area contributed by atoms with E-state index in [1.54, 1.807) is 0 Å². The molecule has 16 heavy (non-hydrogen) atoms. The number of aliphatic hydroxyl groups excluding tert-OH is 4. The van der Waals surface area contributed by atoms with Gasteiger partial charge in [0.1, 0.15) is 0 Å². The summed E-state index contributed by atoms with van der Waals surface area (Å²) in [4.78, 5) is 9.00.